The Hall–Kier alpha value is -0.860. The quantitative estimate of drug-likeness (QED) is 0.561. The van der Waals surface area contributed by atoms with Crippen LogP contribution < -0.4 is 0 Å². The van der Waals surface area contributed by atoms with Crippen LogP contribution in [0.5, 0.6) is 0 Å². The molecule has 0 aromatic heterocycles. The Kier molecular flexibility index (Phi) is 3.28. The summed E-state index contributed by atoms with van der Waals surface area (Å²) in [6.07, 6.45) is 8.07. The van der Waals surface area contributed by atoms with Gasteiger partial charge in [-0.25, -0.2) is 0 Å². The Labute approximate surface area is 103 Å². The minimum Gasteiger partial charge on any atom is -0.468 e. The number of ketones is 1. The molecule has 0 aromatic carbocycles. The number of methoxy groups -OCH3 is 1. The van der Waals surface area contributed by atoms with Crippen molar-refractivity contribution in [3.8, 4) is 0 Å². The van der Waals surface area contributed by atoms with Crippen molar-refractivity contribution in [3.05, 3.63) is 0 Å². The summed E-state index contributed by atoms with van der Waals surface area (Å²) in [6, 6.07) is 0. The van der Waals surface area contributed by atoms with Crippen molar-refractivity contribution >= 4 is 11.8 Å². The number of esters is 1. The van der Waals surface area contributed by atoms with Crippen molar-refractivity contribution in [1.82, 2.24) is 0 Å². The standard InChI is InChI=1S/C14H22O3/c1-3-11(15)14(12(16)17-2)9-13(10-14)7-5-4-6-8-13/h3-10H2,1-2H3. The van der Waals surface area contributed by atoms with E-state index in [9.17, 15) is 9.59 Å². The largest absolute Gasteiger partial charge is 0.468 e. The summed E-state index contributed by atoms with van der Waals surface area (Å²) in [6.45, 7) is 1.83. The predicted octanol–water partition coefficient (Wildman–Crippen LogP) is 2.87. The summed E-state index contributed by atoms with van der Waals surface area (Å²) in [5.74, 6) is -0.235. The van der Waals surface area contributed by atoms with E-state index in [1.807, 2.05) is 6.92 Å². The fraction of sp³-hybridized carbons (Fsp3) is 0.857. The smallest absolute Gasteiger partial charge is 0.319 e. The minimum atomic E-state index is -0.791. The van der Waals surface area contributed by atoms with E-state index in [1.165, 1.54) is 39.2 Å². The average Bonchev–Trinajstić information content (AvgIpc) is 2.34. The van der Waals surface area contributed by atoms with Crippen LogP contribution in [-0.2, 0) is 14.3 Å². The molecular formula is C14H22O3. The van der Waals surface area contributed by atoms with Crippen molar-refractivity contribution in [2.45, 2.75) is 58.3 Å². The summed E-state index contributed by atoms with van der Waals surface area (Å²) in [4.78, 5) is 23.9. The van der Waals surface area contributed by atoms with Crippen molar-refractivity contribution in [2.24, 2.45) is 10.8 Å². The van der Waals surface area contributed by atoms with Crippen LogP contribution >= 0.6 is 0 Å². The molecule has 2 rings (SSSR count). The van der Waals surface area contributed by atoms with Gasteiger partial charge in [-0.2, -0.15) is 0 Å². The lowest BCUT2D eigenvalue weighted by Crippen LogP contribution is -2.56. The highest BCUT2D eigenvalue weighted by molar-refractivity contribution is 6.05. The zero-order chi connectivity index (χ0) is 12.5. The molecule has 0 saturated heterocycles. The second-order valence-corrected chi connectivity index (χ2v) is 5.76. The van der Waals surface area contributed by atoms with E-state index >= 15 is 0 Å². The summed E-state index contributed by atoms with van der Waals surface area (Å²) in [7, 11) is 1.39. The molecule has 0 aromatic rings. The van der Waals surface area contributed by atoms with Crippen LogP contribution in [0.2, 0.25) is 0 Å². The maximum atomic E-state index is 12.0. The van der Waals surface area contributed by atoms with Crippen LogP contribution in [0.15, 0.2) is 0 Å². The van der Waals surface area contributed by atoms with E-state index in [2.05, 4.69) is 0 Å². The van der Waals surface area contributed by atoms with Gasteiger partial charge in [-0.3, -0.25) is 9.59 Å². The van der Waals surface area contributed by atoms with Crippen molar-refractivity contribution in [2.75, 3.05) is 7.11 Å². The molecule has 0 unspecified atom stereocenters. The summed E-state index contributed by atoms with van der Waals surface area (Å²) in [5, 5.41) is 0. The van der Waals surface area contributed by atoms with E-state index in [4.69, 9.17) is 4.74 Å². The Morgan fingerprint density at radius 3 is 2.18 bits per heavy atom. The number of hydrogen-bond acceptors (Lipinski definition) is 3. The molecule has 17 heavy (non-hydrogen) atoms. The molecular weight excluding hydrogens is 216 g/mol. The fourth-order valence-electron chi connectivity index (χ4n) is 3.87. The molecule has 0 aliphatic heterocycles. The first-order valence-electron chi connectivity index (χ1n) is 6.70. The molecule has 2 aliphatic rings. The molecule has 2 aliphatic carbocycles. The van der Waals surface area contributed by atoms with Crippen molar-refractivity contribution in [1.29, 1.82) is 0 Å². The van der Waals surface area contributed by atoms with Crippen molar-refractivity contribution < 1.29 is 14.3 Å². The topological polar surface area (TPSA) is 43.4 Å². The summed E-state index contributed by atoms with van der Waals surface area (Å²) < 4.78 is 4.85. The first-order valence-corrected chi connectivity index (χ1v) is 6.70. The first kappa shape index (κ1) is 12.6. The maximum absolute atomic E-state index is 12.0. The number of hydrogen-bond donors (Lipinski definition) is 0. The Bertz CT molecular complexity index is 300. The normalized spacial score (nSPS) is 25.1. The lowest BCUT2D eigenvalue weighted by Gasteiger charge is -2.55. The zero-order valence-corrected chi connectivity index (χ0v) is 10.9. The predicted molar refractivity (Wildman–Crippen MR) is 64.5 cm³/mol. The van der Waals surface area contributed by atoms with Gasteiger partial charge in [0.25, 0.3) is 0 Å². The van der Waals surface area contributed by atoms with Gasteiger partial charge in [-0.05, 0) is 31.1 Å². The van der Waals surface area contributed by atoms with Crippen LogP contribution in [0.1, 0.15) is 58.3 Å². The summed E-state index contributed by atoms with van der Waals surface area (Å²) in [5.41, 5.74) is -0.516. The average molecular weight is 238 g/mol. The van der Waals surface area contributed by atoms with E-state index < -0.39 is 5.41 Å². The minimum absolute atomic E-state index is 0.0700. The van der Waals surface area contributed by atoms with E-state index in [1.54, 1.807) is 0 Å². The zero-order valence-electron chi connectivity index (χ0n) is 10.9. The van der Waals surface area contributed by atoms with E-state index in [0.717, 1.165) is 12.8 Å². The number of Topliss-reactive ketones (excluding diaryl/α,β-unsaturated/α-hetero) is 1. The van der Waals surface area contributed by atoms with Gasteiger partial charge in [-0.1, -0.05) is 26.2 Å². The maximum Gasteiger partial charge on any atom is 0.319 e. The highest BCUT2D eigenvalue weighted by atomic mass is 16.5. The van der Waals surface area contributed by atoms with Gasteiger partial charge >= 0.3 is 5.97 Å². The Balaban J connectivity index is 2.12. The third-order valence-corrected chi connectivity index (χ3v) is 4.70. The fourth-order valence-corrected chi connectivity index (χ4v) is 3.87. The van der Waals surface area contributed by atoms with Crippen LogP contribution in [0.3, 0.4) is 0 Å². The molecule has 0 bridgehead atoms. The number of ether oxygens (including phenoxy) is 1. The third-order valence-electron chi connectivity index (χ3n) is 4.70. The molecule has 1 spiro atoms. The van der Waals surface area contributed by atoms with Gasteiger partial charge in [0.05, 0.1) is 7.11 Å². The van der Waals surface area contributed by atoms with Gasteiger partial charge < -0.3 is 4.74 Å². The van der Waals surface area contributed by atoms with Crippen LogP contribution in [0.25, 0.3) is 0 Å². The molecule has 3 nitrogen and oxygen atoms in total. The van der Waals surface area contributed by atoms with E-state index in [0.29, 0.717) is 6.42 Å². The lowest BCUT2D eigenvalue weighted by molar-refractivity contribution is -0.178. The molecule has 0 N–H and O–H groups in total. The Morgan fingerprint density at radius 1 is 1.12 bits per heavy atom. The number of carbonyl (C=O) groups excluding carboxylic acids is 2. The molecule has 0 atom stereocenters. The number of rotatable bonds is 3. The number of carbonyl (C=O) groups is 2. The van der Waals surface area contributed by atoms with Gasteiger partial charge in [0.2, 0.25) is 0 Å². The molecule has 3 heteroatoms. The Morgan fingerprint density at radius 2 is 1.71 bits per heavy atom. The lowest BCUT2D eigenvalue weighted by atomic mass is 9.47. The molecule has 2 fully saturated rings. The van der Waals surface area contributed by atoms with Crippen molar-refractivity contribution in [3.63, 3.8) is 0 Å². The van der Waals surface area contributed by atoms with Gasteiger partial charge in [-0.15, -0.1) is 0 Å². The van der Waals surface area contributed by atoms with Crippen LogP contribution in [-0.4, -0.2) is 18.9 Å². The van der Waals surface area contributed by atoms with Gasteiger partial charge in [0.15, 0.2) is 0 Å². The van der Waals surface area contributed by atoms with E-state index in [-0.39, 0.29) is 17.2 Å². The first-order chi connectivity index (χ1) is 8.08. The van der Waals surface area contributed by atoms with Gasteiger partial charge in [0.1, 0.15) is 11.2 Å². The highest BCUT2D eigenvalue weighted by Crippen LogP contribution is 2.62. The molecule has 0 amide bonds. The summed E-state index contributed by atoms with van der Waals surface area (Å²) >= 11 is 0. The third kappa shape index (κ3) is 1.90. The SMILES string of the molecule is CCC(=O)C1(C(=O)OC)CC2(CCCCC2)C1. The van der Waals surface area contributed by atoms with Gasteiger partial charge in [0, 0.05) is 6.42 Å². The highest BCUT2D eigenvalue weighted by Gasteiger charge is 2.62. The molecule has 2 saturated carbocycles. The molecule has 96 valence electrons. The monoisotopic (exact) mass is 238 g/mol. The molecule has 0 radical (unpaired) electrons. The second kappa shape index (κ2) is 4.43. The van der Waals surface area contributed by atoms with Crippen LogP contribution in [0.4, 0.5) is 0 Å². The second-order valence-electron chi connectivity index (χ2n) is 5.76. The van der Waals surface area contributed by atoms with Crippen LogP contribution in [0, 0.1) is 10.8 Å². The molecule has 0 heterocycles.